The molecule has 0 spiro atoms. The van der Waals surface area contributed by atoms with Gasteiger partial charge in [-0.2, -0.15) is 0 Å². The number of nitrogens with zero attached hydrogens (tertiary/aromatic N) is 4. The van der Waals surface area contributed by atoms with Crippen molar-refractivity contribution in [3.05, 3.63) is 29.8 Å². The highest BCUT2D eigenvalue weighted by Gasteiger charge is 2.26. The van der Waals surface area contributed by atoms with E-state index in [9.17, 15) is 8.78 Å². The summed E-state index contributed by atoms with van der Waals surface area (Å²) < 4.78 is 27.3. The second kappa shape index (κ2) is 10.9. The Morgan fingerprint density at radius 1 is 1.17 bits per heavy atom. The Labute approximate surface area is 179 Å². The molecule has 0 amide bonds. The van der Waals surface area contributed by atoms with Crippen LogP contribution in [0, 0.1) is 11.6 Å². The fourth-order valence-electron chi connectivity index (χ4n) is 4.21. The Bertz CT molecular complexity index is 705. The first kappa shape index (κ1) is 22.7. The van der Waals surface area contributed by atoms with Crippen LogP contribution >= 0.6 is 0 Å². The van der Waals surface area contributed by atoms with Crippen molar-refractivity contribution in [2.24, 2.45) is 4.99 Å². The molecule has 1 aromatic carbocycles. The number of halogens is 2. The molecule has 2 atom stereocenters. The summed E-state index contributed by atoms with van der Waals surface area (Å²) in [5, 5.41) is 6.82. The van der Waals surface area contributed by atoms with E-state index in [1.54, 1.807) is 0 Å². The van der Waals surface area contributed by atoms with E-state index in [1.807, 2.05) is 4.90 Å². The van der Waals surface area contributed by atoms with Crippen LogP contribution in [0.2, 0.25) is 0 Å². The van der Waals surface area contributed by atoms with Gasteiger partial charge in [-0.05, 0) is 38.9 Å². The van der Waals surface area contributed by atoms with E-state index in [2.05, 4.69) is 41.2 Å². The normalized spacial score (nSPS) is 22.4. The first-order valence-electron chi connectivity index (χ1n) is 11.2. The molecule has 30 heavy (non-hydrogen) atoms. The molecule has 8 heteroatoms. The molecule has 168 valence electrons. The van der Waals surface area contributed by atoms with Gasteiger partial charge in [0.25, 0.3) is 0 Å². The molecule has 2 fully saturated rings. The van der Waals surface area contributed by atoms with Gasteiger partial charge in [0.05, 0.1) is 12.2 Å². The van der Waals surface area contributed by atoms with Crippen molar-refractivity contribution in [1.82, 2.24) is 20.4 Å². The number of guanidine groups is 1. The first-order chi connectivity index (χ1) is 14.5. The standard InChI is InChI=1S/C22H36F2N6/c1-4-25-22(26-15-17(3)29-12-10-28(5-2)11-13-29)27-19-8-9-30(16-19)21-7-6-18(23)14-20(21)24/h6-7,14,17,19H,4-5,8-13,15-16H2,1-3H3,(H2,25,26,27). The number of hydrogen-bond acceptors (Lipinski definition) is 4. The molecule has 2 N–H and O–H groups in total. The van der Waals surface area contributed by atoms with Gasteiger partial charge in [-0.15, -0.1) is 0 Å². The zero-order chi connectivity index (χ0) is 21.5. The zero-order valence-corrected chi connectivity index (χ0v) is 18.5. The van der Waals surface area contributed by atoms with Gasteiger partial charge in [0.2, 0.25) is 0 Å². The van der Waals surface area contributed by atoms with Crippen molar-refractivity contribution >= 4 is 11.6 Å². The van der Waals surface area contributed by atoms with Crippen molar-refractivity contribution < 1.29 is 8.78 Å². The monoisotopic (exact) mass is 422 g/mol. The molecule has 0 radical (unpaired) electrons. The van der Waals surface area contributed by atoms with Crippen LogP contribution in [0.3, 0.4) is 0 Å². The van der Waals surface area contributed by atoms with Crippen LogP contribution in [-0.2, 0) is 0 Å². The molecule has 2 saturated heterocycles. The van der Waals surface area contributed by atoms with Crippen LogP contribution < -0.4 is 15.5 Å². The SMILES string of the molecule is CCNC(=NCC(C)N1CCN(CC)CC1)NC1CCN(c2ccc(F)cc2F)C1. The molecular weight excluding hydrogens is 386 g/mol. The van der Waals surface area contributed by atoms with Crippen LogP contribution in [-0.4, -0.2) is 86.7 Å². The van der Waals surface area contributed by atoms with E-state index >= 15 is 0 Å². The Balaban J connectivity index is 1.52. The molecule has 0 bridgehead atoms. The van der Waals surface area contributed by atoms with Gasteiger partial charge in [0.15, 0.2) is 5.96 Å². The maximum absolute atomic E-state index is 14.1. The van der Waals surface area contributed by atoms with Crippen LogP contribution in [0.15, 0.2) is 23.2 Å². The highest BCUT2D eigenvalue weighted by atomic mass is 19.1. The topological polar surface area (TPSA) is 46.1 Å². The summed E-state index contributed by atoms with van der Waals surface area (Å²) in [5.74, 6) is -0.242. The molecule has 0 aromatic heterocycles. The van der Waals surface area contributed by atoms with Crippen molar-refractivity contribution in [3.63, 3.8) is 0 Å². The van der Waals surface area contributed by atoms with Gasteiger partial charge in [0.1, 0.15) is 11.6 Å². The number of benzene rings is 1. The number of likely N-dealkylation sites (N-methyl/N-ethyl adjacent to an activating group) is 1. The zero-order valence-electron chi connectivity index (χ0n) is 18.5. The Morgan fingerprint density at radius 3 is 2.60 bits per heavy atom. The van der Waals surface area contributed by atoms with Crippen LogP contribution in [0.4, 0.5) is 14.5 Å². The van der Waals surface area contributed by atoms with Crippen molar-refractivity contribution in [2.75, 3.05) is 63.8 Å². The van der Waals surface area contributed by atoms with Crippen molar-refractivity contribution in [1.29, 1.82) is 0 Å². The van der Waals surface area contributed by atoms with Crippen LogP contribution in [0.1, 0.15) is 27.2 Å². The fraction of sp³-hybridized carbons (Fsp3) is 0.682. The van der Waals surface area contributed by atoms with Crippen LogP contribution in [0.5, 0.6) is 0 Å². The lowest BCUT2D eigenvalue weighted by Crippen LogP contribution is -2.50. The van der Waals surface area contributed by atoms with Crippen molar-refractivity contribution in [2.45, 2.75) is 39.3 Å². The number of nitrogens with one attached hydrogen (secondary N) is 2. The molecule has 1 aromatic rings. The Morgan fingerprint density at radius 2 is 1.93 bits per heavy atom. The number of hydrogen-bond donors (Lipinski definition) is 2. The quantitative estimate of drug-likeness (QED) is 0.521. The summed E-state index contributed by atoms with van der Waals surface area (Å²) in [5.41, 5.74) is 0.461. The third-order valence-corrected chi connectivity index (χ3v) is 6.11. The molecule has 3 rings (SSSR count). The first-order valence-corrected chi connectivity index (χ1v) is 11.2. The highest BCUT2D eigenvalue weighted by Crippen LogP contribution is 2.24. The second-order valence-corrected chi connectivity index (χ2v) is 8.21. The summed E-state index contributed by atoms with van der Waals surface area (Å²) >= 11 is 0. The molecule has 0 aliphatic carbocycles. The summed E-state index contributed by atoms with van der Waals surface area (Å²) in [7, 11) is 0. The van der Waals surface area contributed by atoms with Crippen molar-refractivity contribution in [3.8, 4) is 0 Å². The summed E-state index contributed by atoms with van der Waals surface area (Å²) in [6.07, 6.45) is 0.885. The number of anilines is 1. The van der Waals surface area contributed by atoms with Gasteiger partial charge in [-0.3, -0.25) is 9.89 Å². The van der Waals surface area contributed by atoms with E-state index in [-0.39, 0.29) is 6.04 Å². The minimum atomic E-state index is -0.545. The lowest BCUT2D eigenvalue weighted by atomic mass is 10.2. The Kier molecular flexibility index (Phi) is 8.27. The number of rotatable bonds is 7. The maximum atomic E-state index is 14.1. The summed E-state index contributed by atoms with van der Waals surface area (Å²) in [6, 6.07) is 4.35. The number of piperazine rings is 1. The van der Waals surface area contributed by atoms with E-state index in [1.165, 1.54) is 12.1 Å². The summed E-state index contributed by atoms with van der Waals surface area (Å²) in [4.78, 5) is 11.8. The smallest absolute Gasteiger partial charge is 0.191 e. The molecular formula is C22H36F2N6. The molecule has 2 heterocycles. The van der Waals surface area contributed by atoms with Gasteiger partial charge in [-0.25, -0.2) is 8.78 Å². The minimum absolute atomic E-state index is 0.177. The maximum Gasteiger partial charge on any atom is 0.191 e. The fourth-order valence-corrected chi connectivity index (χ4v) is 4.21. The third-order valence-electron chi connectivity index (χ3n) is 6.11. The predicted molar refractivity (Wildman–Crippen MR) is 119 cm³/mol. The van der Waals surface area contributed by atoms with E-state index < -0.39 is 11.6 Å². The van der Waals surface area contributed by atoms with Crippen LogP contribution in [0.25, 0.3) is 0 Å². The van der Waals surface area contributed by atoms with Gasteiger partial charge in [-0.1, -0.05) is 6.92 Å². The molecule has 2 aliphatic heterocycles. The summed E-state index contributed by atoms with van der Waals surface area (Å²) in [6.45, 7) is 15.0. The highest BCUT2D eigenvalue weighted by molar-refractivity contribution is 5.80. The molecule has 2 unspecified atom stereocenters. The third kappa shape index (κ3) is 6.04. The second-order valence-electron chi connectivity index (χ2n) is 8.21. The van der Waals surface area contributed by atoms with Gasteiger partial charge in [0, 0.05) is 64.0 Å². The Hall–Kier alpha value is -1.93. The van der Waals surface area contributed by atoms with E-state index in [4.69, 9.17) is 4.99 Å². The van der Waals surface area contributed by atoms with E-state index in [0.717, 1.165) is 70.8 Å². The van der Waals surface area contributed by atoms with E-state index in [0.29, 0.717) is 18.3 Å². The largest absolute Gasteiger partial charge is 0.367 e. The lowest BCUT2D eigenvalue weighted by molar-refractivity contribution is 0.109. The molecule has 0 saturated carbocycles. The predicted octanol–water partition coefficient (Wildman–Crippen LogP) is 2.12. The van der Waals surface area contributed by atoms with Gasteiger partial charge < -0.3 is 20.4 Å². The minimum Gasteiger partial charge on any atom is -0.367 e. The average Bonchev–Trinajstić information content (AvgIpc) is 3.20. The average molecular weight is 423 g/mol. The molecule has 2 aliphatic rings. The van der Waals surface area contributed by atoms with Gasteiger partial charge >= 0.3 is 0 Å². The number of aliphatic imine (C=N–C) groups is 1. The molecule has 6 nitrogen and oxygen atoms in total. The lowest BCUT2D eigenvalue weighted by Gasteiger charge is -2.37.